The van der Waals surface area contributed by atoms with Gasteiger partial charge >= 0.3 is 0 Å². The Balaban J connectivity index is 1.23. The Kier molecular flexibility index (Phi) is 6.12. The first-order valence-electron chi connectivity index (χ1n) is 10.6. The van der Waals surface area contributed by atoms with Gasteiger partial charge < -0.3 is 14.7 Å². The highest BCUT2D eigenvalue weighted by atomic mass is 16.2. The number of amides is 1. The summed E-state index contributed by atoms with van der Waals surface area (Å²) < 4.78 is 0. The van der Waals surface area contributed by atoms with Crippen LogP contribution in [0.25, 0.3) is 0 Å². The number of rotatable bonds is 4. The minimum absolute atomic E-state index is 0.183. The molecule has 0 aromatic heterocycles. The zero-order valence-corrected chi connectivity index (χ0v) is 16.9. The van der Waals surface area contributed by atoms with Gasteiger partial charge in [0, 0.05) is 56.2 Å². The fourth-order valence-corrected chi connectivity index (χ4v) is 4.52. The van der Waals surface area contributed by atoms with Gasteiger partial charge in [0.25, 0.3) is 0 Å². The van der Waals surface area contributed by atoms with E-state index in [2.05, 4.69) is 52.3 Å². The summed E-state index contributed by atoms with van der Waals surface area (Å²) in [6, 6.07) is 20.5. The van der Waals surface area contributed by atoms with E-state index in [0.29, 0.717) is 11.5 Å². The summed E-state index contributed by atoms with van der Waals surface area (Å²) >= 11 is 0. The molecule has 1 N–H and O–H groups in total. The maximum Gasteiger partial charge on any atom is 0.226 e. The highest BCUT2D eigenvalue weighted by Gasteiger charge is 2.32. The highest BCUT2D eigenvalue weighted by Crippen LogP contribution is 2.19. The van der Waals surface area contributed by atoms with Crippen molar-refractivity contribution in [2.45, 2.75) is 19.4 Å². The van der Waals surface area contributed by atoms with Crippen LogP contribution in [0.4, 0.5) is 5.69 Å². The summed E-state index contributed by atoms with van der Waals surface area (Å²) in [5.74, 6) is 0.540. The van der Waals surface area contributed by atoms with Crippen molar-refractivity contribution in [3.8, 4) is 6.07 Å². The van der Waals surface area contributed by atoms with E-state index in [1.807, 2.05) is 18.2 Å². The number of nitrogens with zero attached hydrogens (tertiary/aromatic N) is 3. The van der Waals surface area contributed by atoms with Crippen molar-refractivity contribution in [1.82, 2.24) is 4.90 Å². The van der Waals surface area contributed by atoms with E-state index in [1.54, 1.807) is 0 Å². The zero-order chi connectivity index (χ0) is 20.1. The van der Waals surface area contributed by atoms with Crippen molar-refractivity contribution in [1.29, 1.82) is 5.26 Å². The number of likely N-dealkylation sites (tertiary alicyclic amines) is 1. The number of piperidine rings is 1. The summed E-state index contributed by atoms with van der Waals surface area (Å²) in [5.41, 5.74) is 3.22. The van der Waals surface area contributed by atoms with Crippen LogP contribution in [0.1, 0.15) is 24.0 Å². The lowest BCUT2D eigenvalue weighted by atomic mass is 9.94. The topological polar surface area (TPSA) is 51.8 Å². The summed E-state index contributed by atoms with van der Waals surface area (Å²) in [5, 5.41) is 8.92. The Morgan fingerprint density at radius 3 is 2.24 bits per heavy atom. The highest BCUT2D eigenvalue weighted by molar-refractivity contribution is 5.79. The van der Waals surface area contributed by atoms with Gasteiger partial charge in [-0.25, -0.2) is 0 Å². The molecule has 0 aliphatic carbocycles. The lowest BCUT2D eigenvalue weighted by Crippen LogP contribution is -3.11. The molecule has 0 radical (unpaired) electrons. The molecule has 5 nitrogen and oxygen atoms in total. The molecule has 2 aliphatic rings. The molecule has 0 spiro atoms. The third kappa shape index (κ3) is 4.78. The van der Waals surface area contributed by atoms with E-state index in [-0.39, 0.29) is 5.92 Å². The maximum atomic E-state index is 13.0. The van der Waals surface area contributed by atoms with Crippen molar-refractivity contribution in [3.63, 3.8) is 0 Å². The second kappa shape index (κ2) is 9.11. The predicted molar refractivity (Wildman–Crippen MR) is 114 cm³/mol. The van der Waals surface area contributed by atoms with E-state index in [4.69, 9.17) is 5.26 Å². The standard InChI is InChI=1S/C24H28N4O/c25-18-20-6-8-21(9-7-20)19-26-12-10-22(11-13-26)24(29)28-16-14-27(15-17-28)23-4-2-1-3-5-23/h1-9,22H,10-17,19H2/p+1. The zero-order valence-electron chi connectivity index (χ0n) is 16.9. The number of anilines is 1. The number of carbonyl (C=O) groups is 1. The minimum Gasteiger partial charge on any atom is -0.368 e. The number of nitrogens with one attached hydrogen (secondary N) is 1. The minimum atomic E-state index is 0.183. The largest absolute Gasteiger partial charge is 0.368 e. The van der Waals surface area contributed by atoms with Crippen LogP contribution in [0.2, 0.25) is 0 Å². The molecule has 2 aromatic carbocycles. The smallest absolute Gasteiger partial charge is 0.226 e. The molecule has 2 fully saturated rings. The van der Waals surface area contributed by atoms with Gasteiger partial charge in [-0.1, -0.05) is 30.3 Å². The number of para-hydroxylation sites is 1. The Morgan fingerprint density at radius 1 is 0.966 bits per heavy atom. The second-order valence-electron chi connectivity index (χ2n) is 8.16. The van der Waals surface area contributed by atoms with Crippen LogP contribution in [-0.2, 0) is 11.3 Å². The normalized spacial score (nSPS) is 22.2. The van der Waals surface area contributed by atoms with Crippen molar-refractivity contribution >= 4 is 11.6 Å². The molecule has 2 saturated heterocycles. The van der Waals surface area contributed by atoms with Gasteiger partial charge in [-0.2, -0.15) is 5.26 Å². The van der Waals surface area contributed by atoms with Crippen molar-refractivity contribution in [3.05, 3.63) is 65.7 Å². The van der Waals surface area contributed by atoms with Crippen LogP contribution in [0.15, 0.2) is 54.6 Å². The first-order chi connectivity index (χ1) is 14.2. The summed E-state index contributed by atoms with van der Waals surface area (Å²) in [6.07, 6.45) is 1.95. The fraction of sp³-hybridized carbons (Fsp3) is 0.417. The first-order valence-corrected chi connectivity index (χ1v) is 10.6. The lowest BCUT2D eigenvalue weighted by molar-refractivity contribution is -0.919. The fourth-order valence-electron chi connectivity index (χ4n) is 4.52. The van der Waals surface area contributed by atoms with Gasteiger partial charge in [0.2, 0.25) is 5.91 Å². The van der Waals surface area contributed by atoms with Crippen molar-refractivity contribution in [2.24, 2.45) is 5.92 Å². The van der Waals surface area contributed by atoms with Gasteiger partial charge in [0.05, 0.1) is 24.7 Å². The van der Waals surface area contributed by atoms with Gasteiger partial charge in [0.15, 0.2) is 0 Å². The molecule has 2 aliphatic heterocycles. The molecule has 0 saturated carbocycles. The van der Waals surface area contributed by atoms with Crippen LogP contribution < -0.4 is 9.80 Å². The van der Waals surface area contributed by atoms with Crippen LogP contribution in [0, 0.1) is 17.2 Å². The van der Waals surface area contributed by atoms with Crippen molar-refractivity contribution in [2.75, 3.05) is 44.2 Å². The van der Waals surface area contributed by atoms with Crippen LogP contribution in [0.3, 0.4) is 0 Å². The van der Waals surface area contributed by atoms with Gasteiger partial charge in [-0.15, -0.1) is 0 Å². The first kappa shape index (κ1) is 19.5. The summed E-state index contributed by atoms with van der Waals surface area (Å²) in [6.45, 7) is 6.54. The quantitative estimate of drug-likeness (QED) is 0.866. The number of quaternary nitrogens is 1. The summed E-state index contributed by atoms with van der Waals surface area (Å²) in [7, 11) is 0. The molecule has 0 bridgehead atoms. The molecule has 150 valence electrons. The Labute approximate surface area is 173 Å². The monoisotopic (exact) mass is 389 g/mol. The molecule has 0 atom stereocenters. The number of hydrogen-bond acceptors (Lipinski definition) is 3. The van der Waals surface area contributed by atoms with E-state index in [1.165, 1.54) is 16.2 Å². The Morgan fingerprint density at radius 2 is 1.62 bits per heavy atom. The number of nitriles is 1. The van der Waals surface area contributed by atoms with E-state index in [9.17, 15) is 4.79 Å². The molecule has 1 amide bonds. The molecule has 2 heterocycles. The third-order valence-electron chi connectivity index (χ3n) is 6.29. The lowest BCUT2D eigenvalue weighted by Gasteiger charge is -2.38. The van der Waals surface area contributed by atoms with E-state index >= 15 is 0 Å². The van der Waals surface area contributed by atoms with E-state index in [0.717, 1.165) is 58.7 Å². The molecule has 29 heavy (non-hydrogen) atoms. The number of carbonyl (C=O) groups excluding carboxylic acids is 1. The van der Waals surface area contributed by atoms with Crippen LogP contribution in [0.5, 0.6) is 0 Å². The average Bonchev–Trinajstić information content (AvgIpc) is 2.80. The molecule has 2 aromatic rings. The second-order valence-corrected chi connectivity index (χ2v) is 8.16. The van der Waals surface area contributed by atoms with Gasteiger partial charge in [0.1, 0.15) is 6.54 Å². The van der Waals surface area contributed by atoms with Crippen LogP contribution >= 0.6 is 0 Å². The Hall–Kier alpha value is -2.84. The number of benzene rings is 2. The molecule has 0 unspecified atom stereocenters. The molecule has 4 rings (SSSR count). The Bertz CT molecular complexity index is 843. The summed E-state index contributed by atoms with van der Waals surface area (Å²) in [4.78, 5) is 19.0. The molecular weight excluding hydrogens is 360 g/mol. The van der Waals surface area contributed by atoms with Gasteiger partial charge in [-0.05, 0) is 24.3 Å². The van der Waals surface area contributed by atoms with Gasteiger partial charge in [-0.3, -0.25) is 4.79 Å². The van der Waals surface area contributed by atoms with E-state index < -0.39 is 0 Å². The molecular formula is C24H29N4O+. The SMILES string of the molecule is N#Cc1ccc(C[NH+]2CCC(C(=O)N3CCN(c4ccccc4)CC3)CC2)cc1. The van der Waals surface area contributed by atoms with Crippen molar-refractivity contribution < 1.29 is 9.69 Å². The average molecular weight is 390 g/mol. The third-order valence-corrected chi connectivity index (χ3v) is 6.29. The molecule has 5 heteroatoms. The predicted octanol–water partition coefficient (Wildman–Crippen LogP) is 1.70. The number of piperazine rings is 1. The van der Waals surface area contributed by atoms with Crippen LogP contribution in [-0.4, -0.2) is 50.1 Å². The number of hydrogen-bond donors (Lipinski definition) is 1. The maximum absolute atomic E-state index is 13.0.